The van der Waals surface area contributed by atoms with Crippen LogP contribution in [0.1, 0.15) is 87.5 Å². The van der Waals surface area contributed by atoms with Crippen LogP contribution in [-0.4, -0.2) is 62.8 Å². The monoisotopic (exact) mass is 518 g/mol. The molecule has 10 atom stereocenters. The van der Waals surface area contributed by atoms with Crippen molar-refractivity contribution in [1.82, 2.24) is 0 Å². The molecule has 0 radical (unpaired) electrons. The number of hydrogen-bond acceptors (Lipinski definition) is 6. The van der Waals surface area contributed by atoms with Gasteiger partial charge in [0.1, 0.15) is 5.78 Å². The van der Waals surface area contributed by atoms with Crippen LogP contribution in [0, 0.1) is 39.4 Å². The molecule has 6 heteroatoms. The topological polar surface area (TPSA) is 107 Å². The van der Waals surface area contributed by atoms with Gasteiger partial charge in [-0.2, -0.15) is 0 Å². The van der Waals surface area contributed by atoms with Gasteiger partial charge in [0.2, 0.25) is 0 Å². The van der Waals surface area contributed by atoms with Gasteiger partial charge in [0.05, 0.1) is 29.5 Å². The number of allylic oxidation sites excluding steroid dienone is 1. The highest BCUT2D eigenvalue weighted by Crippen LogP contribution is 2.74. The Balaban J connectivity index is 1.74. The first-order valence-corrected chi connectivity index (χ1v) is 14.0. The number of fused-ring (bicyclic) bond motifs is 5. The van der Waals surface area contributed by atoms with Crippen LogP contribution in [-0.2, 0) is 9.53 Å². The summed E-state index contributed by atoms with van der Waals surface area (Å²) in [5.74, 6) is -0.492. The van der Waals surface area contributed by atoms with Gasteiger partial charge in [-0.1, -0.05) is 58.4 Å². The van der Waals surface area contributed by atoms with E-state index in [0.29, 0.717) is 25.7 Å². The Bertz CT molecular complexity index is 994. The van der Waals surface area contributed by atoms with E-state index in [4.69, 9.17) is 4.74 Å². The summed E-state index contributed by atoms with van der Waals surface area (Å²) < 4.78 is 5.48. The first-order valence-electron chi connectivity index (χ1n) is 14.0. The van der Waals surface area contributed by atoms with Crippen LogP contribution in [0.3, 0.4) is 0 Å². The smallest absolute Gasteiger partial charge is 0.140 e. The van der Waals surface area contributed by atoms with E-state index in [1.54, 1.807) is 14.0 Å². The third-order valence-corrected chi connectivity index (χ3v) is 11.9. The largest absolute Gasteiger partial charge is 0.393 e. The number of ketones is 1. The molecule has 0 aliphatic heterocycles. The molecule has 0 heterocycles. The SMILES string of the molecule is COC(C)(C)/C=C/C[C@](C)(O)C1[C@H](O)C[C@@]2(C)[C@@H]3CC=C4[C@@H](C[C@H](O)[C@@H](O)C4(C)C)[C@]3(C)C(=O)C[C@]12C. The highest BCUT2D eigenvalue weighted by Gasteiger charge is 2.73. The van der Waals surface area contributed by atoms with Crippen LogP contribution in [0.5, 0.6) is 0 Å². The zero-order chi connectivity index (χ0) is 28.0. The molecule has 210 valence electrons. The van der Waals surface area contributed by atoms with E-state index < -0.39 is 51.7 Å². The predicted octanol–water partition coefficient (Wildman–Crippen LogP) is 4.20. The van der Waals surface area contributed by atoms with Crippen LogP contribution in [0.2, 0.25) is 0 Å². The molecule has 4 rings (SSSR count). The van der Waals surface area contributed by atoms with Crippen molar-refractivity contribution >= 4 is 5.78 Å². The minimum atomic E-state index is -1.21. The highest BCUT2D eigenvalue weighted by atomic mass is 16.5. The molecule has 0 amide bonds. The van der Waals surface area contributed by atoms with Crippen molar-refractivity contribution in [3.63, 3.8) is 0 Å². The lowest BCUT2D eigenvalue weighted by atomic mass is 9.38. The van der Waals surface area contributed by atoms with Gasteiger partial charge in [-0.25, -0.2) is 0 Å². The average molecular weight is 519 g/mol. The van der Waals surface area contributed by atoms with E-state index in [0.717, 1.165) is 5.57 Å². The van der Waals surface area contributed by atoms with Crippen molar-refractivity contribution in [2.45, 2.75) is 117 Å². The van der Waals surface area contributed by atoms with E-state index in [2.05, 4.69) is 26.8 Å². The minimum absolute atomic E-state index is 0.0309. The summed E-state index contributed by atoms with van der Waals surface area (Å²) in [5, 5.41) is 44.9. The summed E-state index contributed by atoms with van der Waals surface area (Å²) in [6.45, 7) is 16.0. The number of aliphatic hydroxyl groups is 4. The molecular weight excluding hydrogens is 468 g/mol. The number of carbonyl (C=O) groups excluding carboxylic acids is 1. The van der Waals surface area contributed by atoms with E-state index >= 15 is 0 Å². The molecule has 4 aliphatic carbocycles. The Hall–Kier alpha value is -1.05. The van der Waals surface area contributed by atoms with Crippen LogP contribution >= 0.6 is 0 Å². The minimum Gasteiger partial charge on any atom is -0.393 e. The number of Topliss-reactive ketones (excluding diaryl/α,β-unsaturated/α-hetero) is 1. The van der Waals surface area contributed by atoms with Gasteiger partial charge >= 0.3 is 0 Å². The van der Waals surface area contributed by atoms with Gasteiger partial charge in [0.25, 0.3) is 0 Å². The fraction of sp³-hybridized carbons (Fsp3) is 0.839. The lowest BCUT2D eigenvalue weighted by molar-refractivity contribution is -0.185. The third kappa shape index (κ3) is 3.96. The first-order chi connectivity index (χ1) is 16.8. The molecule has 0 aromatic heterocycles. The standard InChI is InChI=1S/C31H50O6/c1-26(2,37-9)13-10-14-30(7,36)24-21(33)16-28(5)22-12-11-18-19(15-20(32)25(35)27(18,3)4)31(22,8)23(34)17-29(24,28)6/h10-11,13,19-22,24-25,32-33,35-36H,12,14-17H2,1-9H3/b13-10+/t19-,20+,21-,22+,24?,25-,28+,29-,30+,31+/m1/s1. The van der Waals surface area contributed by atoms with Gasteiger partial charge in [0.15, 0.2) is 0 Å². The lowest BCUT2D eigenvalue weighted by Crippen LogP contribution is -2.65. The van der Waals surface area contributed by atoms with Crippen molar-refractivity contribution in [3.8, 4) is 0 Å². The lowest BCUT2D eigenvalue weighted by Gasteiger charge is -2.65. The molecule has 0 aromatic rings. The number of rotatable bonds is 5. The van der Waals surface area contributed by atoms with Gasteiger partial charge in [-0.3, -0.25) is 4.79 Å². The molecular formula is C31H50O6. The number of carbonyl (C=O) groups is 1. The van der Waals surface area contributed by atoms with Gasteiger partial charge < -0.3 is 25.2 Å². The Morgan fingerprint density at radius 3 is 2.27 bits per heavy atom. The molecule has 0 saturated heterocycles. The fourth-order valence-electron chi connectivity index (χ4n) is 9.43. The van der Waals surface area contributed by atoms with Crippen molar-refractivity contribution in [2.24, 2.45) is 39.4 Å². The predicted molar refractivity (Wildman–Crippen MR) is 144 cm³/mol. The Morgan fingerprint density at radius 2 is 1.68 bits per heavy atom. The number of aliphatic hydroxyl groups excluding tert-OH is 3. The van der Waals surface area contributed by atoms with Gasteiger partial charge in [-0.15, -0.1) is 0 Å². The number of methoxy groups -OCH3 is 1. The molecule has 3 fully saturated rings. The summed E-state index contributed by atoms with van der Waals surface area (Å²) in [6.07, 6.45) is 5.82. The second-order valence-corrected chi connectivity index (χ2v) is 14.7. The van der Waals surface area contributed by atoms with Crippen LogP contribution in [0.25, 0.3) is 0 Å². The maximum absolute atomic E-state index is 14.3. The summed E-state index contributed by atoms with van der Waals surface area (Å²) in [4.78, 5) is 14.3. The van der Waals surface area contributed by atoms with E-state index in [1.807, 2.05) is 39.8 Å². The molecule has 3 saturated carbocycles. The molecule has 0 bridgehead atoms. The molecule has 6 nitrogen and oxygen atoms in total. The Kier molecular flexibility index (Phi) is 6.83. The van der Waals surface area contributed by atoms with Crippen molar-refractivity contribution in [1.29, 1.82) is 0 Å². The van der Waals surface area contributed by atoms with Crippen molar-refractivity contribution in [3.05, 3.63) is 23.8 Å². The van der Waals surface area contributed by atoms with E-state index in [-0.39, 0.29) is 29.5 Å². The normalized spacial score (nSPS) is 47.2. The van der Waals surface area contributed by atoms with Crippen molar-refractivity contribution < 1.29 is 30.0 Å². The molecule has 4 aliphatic rings. The van der Waals surface area contributed by atoms with Gasteiger partial charge in [0, 0.05) is 30.3 Å². The van der Waals surface area contributed by atoms with Crippen LogP contribution in [0.15, 0.2) is 23.8 Å². The third-order valence-electron chi connectivity index (χ3n) is 11.9. The Labute approximate surface area is 223 Å². The maximum Gasteiger partial charge on any atom is 0.140 e. The summed E-state index contributed by atoms with van der Waals surface area (Å²) in [7, 11) is 1.65. The fourth-order valence-corrected chi connectivity index (χ4v) is 9.43. The summed E-state index contributed by atoms with van der Waals surface area (Å²) in [5.41, 5.74) is -2.85. The molecule has 37 heavy (non-hydrogen) atoms. The van der Waals surface area contributed by atoms with E-state index in [9.17, 15) is 25.2 Å². The summed E-state index contributed by atoms with van der Waals surface area (Å²) in [6, 6.07) is 0. The molecule has 4 N–H and O–H groups in total. The number of ether oxygens (including phenoxy) is 1. The molecule has 1 unspecified atom stereocenters. The summed E-state index contributed by atoms with van der Waals surface area (Å²) >= 11 is 0. The zero-order valence-electron chi connectivity index (χ0n) is 24.3. The second kappa shape index (κ2) is 8.72. The van der Waals surface area contributed by atoms with Crippen molar-refractivity contribution in [2.75, 3.05) is 7.11 Å². The molecule has 0 aromatic carbocycles. The van der Waals surface area contributed by atoms with Crippen LogP contribution < -0.4 is 0 Å². The van der Waals surface area contributed by atoms with Crippen LogP contribution in [0.4, 0.5) is 0 Å². The van der Waals surface area contributed by atoms with Gasteiger partial charge in [-0.05, 0) is 69.1 Å². The Morgan fingerprint density at radius 1 is 1.05 bits per heavy atom. The first kappa shape index (κ1) is 28.9. The number of hydrogen-bond donors (Lipinski definition) is 4. The highest BCUT2D eigenvalue weighted by molar-refractivity contribution is 5.88. The van der Waals surface area contributed by atoms with E-state index in [1.165, 1.54) is 0 Å². The molecule has 0 spiro atoms. The maximum atomic E-state index is 14.3. The quantitative estimate of drug-likeness (QED) is 0.407. The second-order valence-electron chi connectivity index (χ2n) is 14.7. The zero-order valence-corrected chi connectivity index (χ0v) is 24.3. The average Bonchev–Trinajstić information content (AvgIpc) is 2.98.